The van der Waals surface area contributed by atoms with Crippen LogP contribution in [0.1, 0.15) is 40.5 Å². The number of thioether (sulfide) groups is 1. The number of nitrogens with one attached hydrogen (secondary N) is 1. The van der Waals surface area contributed by atoms with Crippen molar-refractivity contribution in [3.8, 4) is 0 Å². The van der Waals surface area contributed by atoms with Gasteiger partial charge >= 0.3 is 0 Å². The van der Waals surface area contributed by atoms with Crippen molar-refractivity contribution in [2.75, 3.05) is 18.9 Å². The van der Waals surface area contributed by atoms with Gasteiger partial charge in [0.2, 0.25) is 0 Å². The monoisotopic (exact) mass is 245 g/mol. The predicted octanol–water partition coefficient (Wildman–Crippen LogP) is 2.51. The molecule has 0 heterocycles. The lowest BCUT2D eigenvalue weighted by atomic mass is 9.97. The highest BCUT2D eigenvalue weighted by molar-refractivity contribution is 7.99. The summed E-state index contributed by atoms with van der Waals surface area (Å²) < 4.78 is 0. The first-order chi connectivity index (χ1) is 7.55. The summed E-state index contributed by atoms with van der Waals surface area (Å²) in [6.45, 7) is 10.2. The Kier molecular flexibility index (Phi) is 5.62. The Morgan fingerprint density at radius 1 is 1.38 bits per heavy atom. The van der Waals surface area contributed by atoms with Crippen LogP contribution >= 0.6 is 11.8 Å². The van der Waals surface area contributed by atoms with Crippen LogP contribution in [0.2, 0.25) is 0 Å². The molecule has 0 bridgehead atoms. The third-order valence-electron chi connectivity index (χ3n) is 3.71. The number of rotatable bonds is 8. The molecule has 2 unspecified atom stereocenters. The molecular weight excluding hydrogens is 218 g/mol. The lowest BCUT2D eigenvalue weighted by molar-refractivity contribution is 0.161. The molecule has 1 aliphatic rings. The second-order valence-corrected chi connectivity index (χ2v) is 6.74. The fourth-order valence-corrected chi connectivity index (χ4v) is 3.38. The Labute approximate surface area is 105 Å². The van der Waals surface area contributed by atoms with Crippen LogP contribution in [0.15, 0.2) is 0 Å². The van der Waals surface area contributed by atoms with Crippen molar-refractivity contribution < 1.29 is 5.11 Å². The van der Waals surface area contributed by atoms with Gasteiger partial charge in [0.1, 0.15) is 0 Å². The summed E-state index contributed by atoms with van der Waals surface area (Å²) in [7, 11) is 0. The van der Waals surface area contributed by atoms with E-state index >= 15 is 0 Å². The van der Waals surface area contributed by atoms with Crippen LogP contribution in [0, 0.1) is 11.8 Å². The number of aliphatic hydroxyl groups excluding tert-OH is 1. The van der Waals surface area contributed by atoms with Crippen molar-refractivity contribution in [2.45, 2.75) is 51.3 Å². The molecule has 0 spiro atoms. The summed E-state index contributed by atoms with van der Waals surface area (Å²) in [5.41, 5.74) is -0.0113. The Bertz CT molecular complexity index is 206. The molecule has 1 rings (SSSR count). The van der Waals surface area contributed by atoms with Crippen LogP contribution < -0.4 is 5.32 Å². The van der Waals surface area contributed by atoms with E-state index in [4.69, 9.17) is 0 Å². The number of likely N-dealkylation sites (N-methyl/N-ethyl adjacent to an activating group) is 1. The normalized spacial score (nSPS) is 22.1. The van der Waals surface area contributed by atoms with E-state index in [-0.39, 0.29) is 12.1 Å². The van der Waals surface area contributed by atoms with E-state index in [1.165, 1.54) is 12.8 Å². The molecule has 0 radical (unpaired) electrons. The Morgan fingerprint density at radius 3 is 2.38 bits per heavy atom. The zero-order valence-electron chi connectivity index (χ0n) is 11.1. The lowest BCUT2D eigenvalue weighted by Gasteiger charge is -2.34. The average Bonchev–Trinajstić information content (AvgIpc) is 3.07. The van der Waals surface area contributed by atoms with Gasteiger partial charge in [-0.1, -0.05) is 27.7 Å². The second-order valence-electron chi connectivity index (χ2n) is 5.38. The highest BCUT2D eigenvalue weighted by atomic mass is 32.2. The molecule has 96 valence electrons. The Morgan fingerprint density at radius 2 is 2.00 bits per heavy atom. The van der Waals surface area contributed by atoms with Crippen LogP contribution in [0.5, 0.6) is 0 Å². The fourth-order valence-electron chi connectivity index (χ4n) is 2.00. The van der Waals surface area contributed by atoms with Crippen LogP contribution in [0.4, 0.5) is 0 Å². The van der Waals surface area contributed by atoms with Gasteiger partial charge in [-0.2, -0.15) is 11.8 Å². The van der Waals surface area contributed by atoms with Gasteiger partial charge < -0.3 is 10.4 Å². The maximum Gasteiger partial charge on any atom is 0.0624 e. The molecule has 0 saturated heterocycles. The number of hydrogen-bond donors (Lipinski definition) is 2. The van der Waals surface area contributed by atoms with Gasteiger partial charge in [-0.15, -0.1) is 0 Å². The van der Waals surface area contributed by atoms with Crippen molar-refractivity contribution >= 4 is 11.8 Å². The smallest absolute Gasteiger partial charge is 0.0624 e. The second kappa shape index (κ2) is 6.27. The van der Waals surface area contributed by atoms with Crippen LogP contribution in [-0.2, 0) is 0 Å². The summed E-state index contributed by atoms with van der Waals surface area (Å²) in [6, 6.07) is 0. The minimum Gasteiger partial charge on any atom is -0.394 e. The molecule has 0 aromatic heterocycles. The first kappa shape index (κ1) is 14.3. The molecule has 1 aliphatic carbocycles. The third-order valence-corrected chi connectivity index (χ3v) is 5.46. The minimum absolute atomic E-state index is 0.0113. The van der Waals surface area contributed by atoms with E-state index in [0.29, 0.717) is 17.1 Å². The van der Waals surface area contributed by atoms with Crippen LogP contribution in [0.3, 0.4) is 0 Å². The van der Waals surface area contributed by atoms with E-state index in [1.54, 1.807) is 0 Å². The Balaban J connectivity index is 2.49. The van der Waals surface area contributed by atoms with Crippen molar-refractivity contribution in [3.05, 3.63) is 0 Å². The van der Waals surface area contributed by atoms with Gasteiger partial charge in [0, 0.05) is 11.0 Å². The van der Waals surface area contributed by atoms with Crippen LogP contribution in [0.25, 0.3) is 0 Å². The van der Waals surface area contributed by atoms with Gasteiger partial charge in [-0.3, -0.25) is 0 Å². The van der Waals surface area contributed by atoms with Crippen molar-refractivity contribution in [1.82, 2.24) is 5.32 Å². The van der Waals surface area contributed by atoms with Crippen molar-refractivity contribution in [1.29, 1.82) is 0 Å². The molecule has 0 aliphatic heterocycles. The van der Waals surface area contributed by atoms with E-state index < -0.39 is 0 Å². The summed E-state index contributed by atoms with van der Waals surface area (Å²) in [4.78, 5) is 0. The highest BCUT2D eigenvalue weighted by Crippen LogP contribution is 2.42. The largest absolute Gasteiger partial charge is 0.394 e. The molecule has 16 heavy (non-hydrogen) atoms. The van der Waals surface area contributed by atoms with Gasteiger partial charge in [0.15, 0.2) is 0 Å². The summed E-state index contributed by atoms with van der Waals surface area (Å²) in [5.74, 6) is 2.45. The van der Waals surface area contributed by atoms with E-state index in [9.17, 15) is 5.11 Å². The van der Waals surface area contributed by atoms with Gasteiger partial charge in [-0.25, -0.2) is 0 Å². The SMILES string of the molecule is CCNC(CO)(CSC(C)C(C)C)C1CC1. The third kappa shape index (κ3) is 3.64. The molecule has 1 saturated carbocycles. The average molecular weight is 245 g/mol. The summed E-state index contributed by atoms with van der Waals surface area (Å²) in [6.07, 6.45) is 2.56. The maximum absolute atomic E-state index is 9.69. The Hall–Kier alpha value is 0.270. The van der Waals surface area contributed by atoms with Gasteiger partial charge in [-0.05, 0) is 31.2 Å². The zero-order chi connectivity index (χ0) is 12.2. The summed E-state index contributed by atoms with van der Waals surface area (Å²) in [5, 5.41) is 13.9. The summed E-state index contributed by atoms with van der Waals surface area (Å²) >= 11 is 2.00. The standard InChI is InChI=1S/C13H27NOS/c1-5-14-13(8-15,12-6-7-12)9-16-11(4)10(2)3/h10-12,14-15H,5-9H2,1-4H3. The minimum atomic E-state index is -0.0113. The van der Waals surface area contributed by atoms with E-state index in [2.05, 4.69) is 33.0 Å². The fraction of sp³-hybridized carbons (Fsp3) is 1.00. The molecule has 1 fully saturated rings. The molecule has 2 N–H and O–H groups in total. The van der Waals surface area contributed by atoms with Gasteiger partial charge in [0.05, 0.1) is 12.1 Å². The van der Waals surface area contributed by atoms with Crippen molar-refractivity contribution in [3.63, 3.8) is 0 Å². The van der Waals surface area contributed by atoms with E-state index in [1.807, 2.05) is 11.8 Å². The van der Waals surface area contributed by atoms with Gasteiger partial charge in [0.25, 0.3) is 0 Å². The predicted molar refractivity (Wildman–Crippen MR) is 73.0 cm³/mol. The number of aliphatic hydroxyl groups is 1. The highest BCUT2D eigenvalue weighted by Gasteiger charge is 2.44. The lowest BCUT2D eigenvalue weighted by Crippen LogP contribution is -2.53. The first-order valence-corrected chi connectivity index (χ1v) is 7.58. The first-order valence-electron chi connectivity index (χ1n) is 6.53. The molecule has 3 heteroatoms. The quantitative estimate of drug-likeness (QED) is 0.689. The van der Waals surface area contributed by atoms with Crippen molar-refractivity contribution in [2.24, 2.45) is 11.8 Å². The molecular formula is C13H27NOS. The number of hydrogen-bond acceptors (Lipinski definition) is 3. The topological polar surface area (TPSA) is 32.3 Å². The van der Waals surface area contributed by atoms with E-state index in [0.717, 1.165) is 12.3 Å². The molecule has 0 amide bonds. The van der Waals surface area contributed by atoms with Crippen LogP contribution in [-0.4, -0.2) is 34.8 Å². The molecule has 2 nitrogen and oxygen atoms in total. The molecule has 0 aromatic carbocycles. The zero-order valence-corrected chi connectivity index (χ0v) is 11.9. The molecule has 0 aromatic rings. The molecule has 2 atom stereocenters. The maximum atomic E-state index is 9.69.